The summed E-state index contributed by atoms with van der Waals surface area (Å²) >= 11 is 1.71. The zero-order chi connectivity index (χ0) is 16.4. The van der Waals surface area contributed by atoms with Gasteiger partial charge in [0.25, 0.3) is 0 Å². The Morgan fingerprint density at radius 3 is 2.96 bits per heavy atom. The maximum Gasteiger partial charge on any atom is 0.151 e. The van der Waals surface area contributed by atoms with Crippen LogP contribution in [0.5, 0.6) is 5.75 Å². The number of aromatic nitrogens is 4. The zero-order valence-corrected chi connectivity index (χ0v) is 14.2. The number of imidazole rings is 2. The standard InChI is InChI=1S/C18H18N4OS/c1-23-14-6-2-5-13-17(14)22(11-3-8-16-19-9-10-20-16)18(21-13)15-7-4-12-24-15/h2,4-7,9-10,12H,3,8,11H2,1H3,(H,19,20). The van der Waals surface area contributed by atoms with Gasteiger partial charge in [0.15, 0.2) is 5.82 Å². The number of nitrogens with zero attached hydrogens (tertiary/aromatic N) is 3. The third-order valence-electron chi connectivity index (χ3n) is 4.04. The van der Waals surface area contributed by atoms with Crippen LogP contribution in [0.1, 0.15) is 12.2 Å². The Kier molecular flexibility index (Phi) is 4.04. The Morgan fingerprint density at radius 2 is 2.21 bits per heavy atom. The summed E-state index contributed by atoms with van der Waals surface area (Å²) in [5.74, 6) is 2.88. The van der Waals surface area contributed by atoms with Gasteiger partial charge in [-0.1, -0.05) is 12.1 Å². The van der Waals surface area contributed by atoms with Crippen LogP contribution in [0.4, 0.5) is 0 Å². The maximum atomic E-state index is 5.58. The number of fused-ring (bicyclic) bond motifs is 1. The minimum atomic E-state index is 0.862. The maximum absolute atomic E-state index is 5.58. The molecule has 4 rings (SSSR count). The van der Waals surface area contributed by atoms with E-state index in [9.17, 15) is 0 Å². The molecule has 4 aromatic rings. The molecule has 0 radical (unpaired) electrons. The van der Waals surface area contributed by atoms with E-state index >= 15 is 0 Å². The third-order valence-corrected chi connectivity index (χ3v) is 4.91. The summed E-state index contributed by atoms with van der Waals surface area (Å²) in [5, 5.41) is 2.08. The lowest BCUT2D eigenvalue weighted by Gasteiger charge is -2.10. The lowest BCUT2D eigenvalue weighted by atomic mass is 10.2. The summed E-state index contributed by atoms with van der Waals surface area (Å²) in [7, 11) is 1.71. The molecule has 24 heavy (non-hydrogen) atoms. The van der Waals surface area contributed by atoms with Gasteiger partial charge < -0.3 is 14.3 Å². The van der Waals surface area contributed by atoms with E-state index in [2.05, 4.69) is 32.0 Å². The van der Waals surface area contributed by atoms with Crippen LogP contribution in [0.3, 0.4) is 0 Å². The summed E-state index contributed by atoms with van der Waals surface area (Å²) in [6.45, 7) is 0.866. The number of H-pyrrole nitrogens is 1. The SMILES string of the molecule is COc1cccc2nc(-c3cccs3)n(CCCc3ncc[nH]3)c12. The molecule has 6 heteroatoms. The molecular weight excluding hydrogens is 320 g/mol. The fourth-order valence-electron chi connectivity index (χ4n) is 2.97. The van der Waals surface area contributed by atoms with Crippen LogP contribution in [0.2, 0.25) is 0 Å². The molecule has 0 fully saturated rings. The highest BCUT2D eigenvalue weighted by Gasteiger charge is 2.16. The number of aryl methyl sites for hydroxylation is 2. The van der Waals surface area contributed by atoms with Gasteiger partial charge in [-0.3, -0.25) is 0 Å². The van der Waals surface area contributed by atoms with Crippen molar-refractivity contribution in [2.45, 2.75) is 19.4 Å². The Bertz CT molecular complexity index is 926. The predicted octanol–water partition coefficient (Wildman–Crippen LogP) is 4.13. The van der Waals surface area contributed by atoms with Crippen molar-refractivity contribution in [3.8, 4) is 16.5 Å². The number of nitrogens with one attached hydrogen (secondary N) is 1. The van der Waals surface area contributed by atoms with Crippen LogP contribution < -0.4 is 4.74 Å². The molecular formula is C18H18N4OS. The molecule has 3 aromatic heterocycles. The van der Waals surface area contributed by atoms with Gasteiger partial charge in [0.05, 0.1) is 17.5 Å². The van der Waals surface area contributed by atoms with Gasteiger partial charge in [-0.05, 0) is 30.0 Å². The number of hydrogen-bond donors (Lipinski definition) is 1. The highest BCUT2D eigenvalue weighted by molar-refractivity contribution is 7.13. The molecule has 0 aliphatic heterocycles. The average molecular weight is 338 g/mol. The van der Waals surface area contributed by atoms with E-state index < -0.39 is 0 Å². The van der Waals surface area contributed by atoms with Crippen molar-refractivity contribution in [3.63, 3.8) is 0 Å². The molecule has 0 spiro atoms. The molecule has 1 aromatic carbocycles. The van der Waals surface area contributed by atoms with Crippen molar-refractivity contribution in [1.29, 1.82) is 0 Å². The van der Waals surface area contributed by atoms with Crippen molar-refractivity contribution >= 4 is 22.4 Å². The van der Waals surface area contributed by atoms with Crippen molar-refractivity contribution in [2.75, 3.05) is 7.11 Å². The van der Waals surface area contributed by atoms with Crippen LogP contribution in [-0.2, 0) is 13.0 Å². The van der Waals surface area contributed by atoms with E-state index in [1.54, 1.807) is 24.6 Å². The number of aromatic amines is 1. The van der Waals surface area contributed by atoms with Crippen LogP contribution in [0.15, 0.2) is 48.1 Å². The smallest absolute Gasteiger partial charge is 0.151 e. The molecule has 0 saturated carbocycles. The van der Waals surface area contributed by atoms with Gasteiger partial charge in [0, 0.05) is 25.4 Å². The highest BCUT2D eigenvalue weighted by Crippen LogP contribution is 2.33. The molecule has 0 saturated heterocycles. The van der Waals surface area contributed by atoms with E-state index in [1.807, 2.05) is 24.4 Å². The highest BCUT2D eigenvalue weighted by atomic mass is 32.1. The number of rotatable bonds is 6. The van der Waals surface area contributed by atoms with Crippen LogP contribution in [0.25, 0.3) is 21.7 Å². The van der Waals surface area contributed by atoms with Crippen LogP contribution in [0, 0.1) is 0 Å². The Morgan fingerprint density at radius 1 is 1.25 bits per heavy atom. The first kappa shape index (κ1) is 15.0. The lowest BCUT2D eigenvalue weighted by Crippen LogP contribution is -2.03. The molecule has 1 N–H and O–H groups in total. The van der Waals surface area contributed by atoms with Crippen LogP contribution >= 0.6 is 11.3 Å². The fourth-order valence-corrected chi connectivity index (χ4v) is 3.69. The van der Waals surface area contributed by atoms with E-state index in [4.69, 9.17) is 9.72 Å². The number of benzene rings is 1. The second kappa shape index (κ2) is 6.49. The minimum Gasteiger partial charge on any atom is -0.494 e. The van der Waals surface area contributed by atoms with Crippen molar-refractivity contribution in [1.82, 2.24) is 19.5 Å². The van der Waals surface area contributed by atoms with Gasteiger partial charge >= 0.3 is 0 Å². The summed E-state index contributed by atoms with van der Waals surface area (Å²) < 4.78 is 7.84. The molecule has 0 unspecified atom stereocenters. The van der Waals surface area contributed by atoms with Crippen molar-refractivity contribution < 1.29 is 4.74 Å². The van der Waals surface area contributed by atoms with Gasteiger partial charge in [0.1, 0.15) is 17.1 Å². The number of ether oxygens (including phenoxy) is 1. The summed E-state index contributed by atoms with van der Waals surface area (Å²) in [4.78, 5) is 13.5. The summed E-state index contributed by atoms with van der Waals surface area (Å²) in [6, 6.07) is 10.2. The van der Waals surface area contributed by atoms with Gasteiger partial charge in [-0.2, -0.15) is 0 Å². The molecule has 0 aliphatic carbocycles. The first-order valence-corrected chi connectivity index (χ1v) is 8.80. The summed E-state index contributed by atoms with van der Waals surface area (Å²) in [6.07, 6.45) is 5.55. The largest absolute Gasteiger partial charge is 0.494 e. The quantitative estimate of drug-likeness (QED) is 0.575. The molecule has 0 bridgehead atoms. The number of thiophene rings is 1. The Balaban J connectivity index is 1.73. The van der Waals surface area contributed by atoms with Crippen molar-refractivity contribution in [2.24, 2.45) is 0 Å². The molecule has 0 amide bonds. The Hall–Kier alpha value is -2.60. The zero-order valence-electron chi connectivity index (χ0n) is 13.4. The number of hydrogen-bond acceptors (Lipinski definition) is 4. The molecule has 5 nitrogen and oxygen atoms in total. The second-order valence-corrected chi connectivity index (χ2v) is 6.48. The fraction of sp³-hybridized carbons (Fsp3) is 0.222. The third kappa shape index (κ3) is 2.69. The van der Waals surface area contributed by atoms with E-state index in [0.29, 0.717) is 0 Å². The van der Waals surface area contributed by atoms with Gasteiger partial charge in [-0.15, -0.1) is 11.3 Å². The molecule has 3 heterocycles. The van der Waals surface area contributed by atoms with Crippen LogP contribution in [-0.4, -0.2) is 26.6 Å². The molecule has 0 aliphatic rings. The molecule has 122 valence electrons. The monoisotopic (exact) mass is 338 g/mol. The van der Waals surface area contributed by atoms with E-state index in [1.165, 1.54) is 4.88 Å². The second-order valence-electron chi connectivity index (χ2n) is 5.53. The number of methoxy groups -OCH3 is 1. The first-order chi connectivity index (χ1) is 11.9. The first-order valence-electron chi connectivity index (χ1n) is 7.92. The topological polar surface area (TPSA) is 55.7 Å². The minimum absolute atomic E-state index is 0.862. The number of para-hydroxylation sites is 1. The summed E-state index contributed by atoms with van der Waals surface area (Å²) in [5.41, 5.74) is 2.03. The van der Waals surface area contributed by atoms with Gasteiger partial charge in [-0.25, -0.2) is 9.97 Å². The predicted molar refractivity (Wildman–Crippen MR) is 96.5 cm³/mol. The molecule has 0 atom stereocenters. The van der Waals surface area contributed by atoms with E-state index in [0.717, 1.165) is 47.8 Å². The normalized spacial score (nSPS) is 11.2. The Labute approximate surface area is 144 Å². The average Bonchev–Trinajstić information content (AvgIpc) is 3.35. The van der Waals surface area contributed by atoms with Crippen molar-refractivity contribution in [3.05, 3.63) is 53.9 Å². The van der Waals surface area contributed by atoms with E-state index in [-0.39, 0.29) is 0 Å². The van der Waals surface area contributed by atoms with Gasteiger partial charge in [0.2, 0.25) is 0 Å². The lowest BCUT2D eigenvalue weighted by molar-refractivity contribution is 0.417.